The number of alkyl halides is 1. The second-order valence-electron chi connectivity index (χ2n) is 5.15. The average Bonchev–Trinajstić information content (AvgIpc) is 2.82. The van der Waals surface area contributed by atoms with E-state index >= 15 is 0 Å². The number of hydrogen-bond donors (Lipinski definition) is 1. The lowest BCUT2D eigenvalue weighted by molar-refractivity contribution is 0.403. The van der Waals surface area contributed by atoms with E-state index in [2.05, 4.69) is 14.9 Å². The van der Waals surface area contributed by atoms with Crippen LogP contribution in [0.15, 0.2) is 18.2 Å². The van der Waals surface area contributed by atoms with Crippen molar-refractivity contribution in [1.82, 2.24) is 9.97 Å². The van der Waals surface area contributed by atoms with Crippen LogP contribution in [0.1, 0.15) is 19.3 Å². The number of H-pyrrole nitrogens is 1. The largest absolute Gasteiger partial charge is 0.342 e. The van der Waals surface area contributed by atoms with E-state index in [0.717, 1.165) is 42.9 Å². The Hall–Kier alpha value is -1.29. The highest BCUT2D eigenvalue weighted by Crippen LogP contribution is 2.25. The van der Waals surface area contributed by atoms with Gasteiger partial charge in [-0.3, -0.25) is 0 Å². The second kappa shape index (κ2) is 5.37. The molecule has 2 aromatic rings. The van der Waals surface area contributed by atoms with Crippen molar-refractivity contribution in [3.8, 4) is 0 Å². The highest BCUT2D eigenvalue weighted by atomic mass is 35.5. The van der Waals surface area contributed by atoms with Crippen LogP contribution in [-0.4, -0.2) is 28.9 Å². The molecule has 1 aromatic heterocycles. The molecule has 1 unspecified atom stereocenters. The van der Waals surface area contributed by atoms with E-state index in [0.29, 0.717) is 11.8 Å². The number of nitrogens with one attached hydrogen (secondary N) is 1. The standard InChI is InChI=1S/C14H17ClFN3/c15-6-5-10-2-1-7-19(9-10)14-17-12-4-3-11(16)8-13(12)18-14/h3-4,8,10H,1-2,5-7,9H2,(H,17,18). The van der Waals surface area contributed by atoms with Gasteiger partial charge in [-0.2, -0.15) is 0 Å². The molecule has 0 bridgehead atoms. The summed E-state index contributed by atoms with van der Waals surface area (Å²) in [5.74, 6) is 1.96. The third-order valence-corrected chi connectivity index (χ3v) is 3.99. The van der Waals surface area contributed by atoms with Crippen molar-refractivity contribution >= 4 is 28.6 Å². The summed E-state index contributed by atoms with van der Waals surface area (Å²) in [5.41, 5.74) is 1.57. The molecule has 1 atom stereocenters. The van der Waals surface area contributed by atoms with Gasteiger partial charge in [-0.25, -0.2) is 9.37 Å². The Morgan fingerprint density at radius 3 is 3.21 bits per heavy atom. The fraction of sp³-hybridized carbons (Fsp3) is 0.500. The smallest absolute Gasteiger partial charge is 0.203 e. The van der Waals surface area contributed by atoms with Crippen LogP contribution in [-0.2, 0) is 0 Å². The molecule has 3 rings (SSSR count). The number of hydrogen-bond acceptors (Lipinski definition) is 2. The molecule has 1 fully saturated rings. The molecule has 0 spiro atoms. The SMILES string of the molecule is Fc1ccc2nc(N3CCCC(CCCl)C3)[nH]c2c1. The topological polar surface area (TPSA) is 31.9 Å². The number of piperidine rings is 1. The zero-order chi connectivity index (χ0) is 13.2. The van der Waals surface area contributed by atoms with Crippen molar-refractivity contribution in [3.63, 3.8) is 0 Å². The number of fused-ring (bicyclic) bond motifs is 1. The summed E-state index contributed by atoms with van der Waals surface area (Å²) in [6.45, 7) is 1.98. The number of benzene rings is 1. The molecular weight excluding hydrogens is 265 g/mol. The monoisotopic (exact) mass is 281 g/mol. The number of rotatable bonds is 3. The van der Waals surface area contributed by atoms with Gasteiger partial charge in [0.2, 0.25) is 5.95 Å². The molecule has 5 heteroatoms. The molecule has 0 saturated carbocycles. The molecule has 1 aromatic carbocycles. The number of halogens is 2. The van der Waals surface area contributed by atoms with Gasteiger partial charge in [0, 0.05) is 19.0 Å². The number of nitrogens with zero attached hydrogens (tertiary/aromatic N) is 2. The minimum Gasteiger partial charge on any atom is -0.342 e. The summed E-state index contributed by atoms with van der Waals surface area (Å²) in [6.07, 6.45) is 3.44. The molecule has 1 aliphatic rings. The van der Waals surface area contributed by atoms with Crippen LogP contribution in [0, 0.1) is 11.7 Å². The fourth-order valence-corrected chi connectivity index (χ4v) is 3.07. The number of imidazole rings is 1. The molecule has 0 radical (unpaired) electrons. The summed E-state index contributed by atoms with van der Waals surface area (Å²) in [7, 11) is 0. The lowest BCUT2D eigenvalue weighted by Crippen LogP contribution is -2.36. The fourth-order valence-electron chi connectivity index (χ4n) is 2.77. The Morgan fingerprint density at radius 2 is 2.37 bits per heavy atom. The van der Waals surface area contributed by atoms with Gasteiger partial charge in [-0.15, -0.1) is 11.6 Å². The van der Waals surface area contributed by atoms with E-state index in [4.69, 9.17) is 11.6 Å². The van der Waals surface area contributed by atoms with Gasteiger partial charge in [0.1, 0.15) is 5.82 Å². The first-order valence-corrected chi connectivity index (χ1v) is 7.26. The van der Waals surface area contributed by atoms with Crippen molar-refractivity contribution in [2.75, 3.05) is 23.9 Å². The molecule has 19 heavy (non-hydrogen) atoms. The van der Waals surface area contributed by atoms with Gasteiger partial charge in [-0.1, -0.05) is 0 Å². The van der Waals surface area contributed by atoms with Crippen LogP contribution in [0.3, 0.4) is 0 Å². The van der Waals surface area contributed by atoms with E-state index in [-0.39, 0.29) is 5.82 Å². The number of aromatic amines is 1. The molecule has 102 valence electrons. The zero-order valence-corrected chi connectivity index (χ0v) is 11.5. The first kappa shape index (κ1) is 12.7. The molecule has 2 heterocycles. The summed E-state index contributed by atoms with van der Waals surface area (Å²) in [4.78, 5) is 10.0. The van der Waals surface area contributed by atoms with Gasteiger partial charge < -0.3 is 9.88 Å². The summed E-state index contributed by atoms with van der Waals surface area (Å²) >= 11 is 5.83. The minimum absolute atomic E-state index is 0.235. The minimum atomic E-state index is -0.235. The highest BCUT2D eigenvalue weighted by Gasteiger charge is 2.21. The lowest BCUT2D eigenvalue weighted by Gasteiger charge is -2.32. The molecule has 0 amide bonds. The Morgan fingerprint density at radius 1 is 1.47 bits per heavy atom. The highest BCUT2D eigenvalue weighted by molar-refractivity contribution is 6.17. The van der Waals surface area contributed by atoms with E-state index in [1.54, 1.807) is 6.07 Å². The summed E-state index contributed by atoms with van der Waals surface area (Å²) < 4.78 is 13.2. The Labute approximate surface area is 116 Å². The van der Waals surface area contributed by atoms with Gasteiger partial charge >= 0.3 is 0 Å². The molecular formula is C14H17ClFN3. The van der Waals surface area contributed by atoms with Gasteiger partial charge in [-0.05, 0) is 43.4 Å². The van der Waals surface area contributed by atoms with Crippen molar-refractivity contribution in [3.05, 3.63) is 24.0 Å². The Bertz CT molecular complexity index is 567. The lowest BCUT2D eigenvalue weighted by atomic mass is 9.96. The summed E-state index contributed by atoms with van der Waals surface area (Å²) in [5, 5.41) is 0. The van der Waals surface area contributed by atoms with Gasteiger partial charge in [0.25, 0.3) is 0 Å². The van der Waals surface area contributed by atoms with Gasteiger partial charge in [0.15, 0.2) is 0 Å². The van der Waals surface area contributed by atoms with E-state index in [9.17, 15) is 4.39 Å². The Kier molecular flexibility index (Phi) is 3.60. The van der Waals surface area contributed by atoms with Crippen LogP contribution in [0.4, 0.5) is 10.3 Å². The van der Waals surface area contributed by atoms with Crippen LogP contribution < -0.4 is 4.90 Å². The first-order valence-electron chi connectivity index (χ1n) is 6.72. The molecule has 1 saturated heterocycles. The van der Waals surface area contributed by atoms with Crippen LogP contribution in [0.5, 0.6) is 0 Å². The zero-order valence-electron chi connectivity index (χ0n) is 10.7. The predicted molar refractivity (Wildman–Crippen MR) is 76.3 cm³/mol. The number of anilines is 1. The average molecular weight is 282 g/mol. The Balaban J connectivity index is 1.83. The predicted octanol–water partition coefficient (Wildman–Crippen LogP) is 3.55. The summed E-state index contributed by atoms with van der Waals surface area (Å²) in [6, 6.07) is 4.65. The second-order valence-corrected chi connectivity index (χ2v) is 5.53. The van der Waals surface area contributed by atoms with E-state index in [1.807, 2.05) is 0 Å². The first-order chi connectivity index (χ1) is 9.26. The maximum absolute atomic E-state index is 13.2. The van der Waals surface area contributed by atoms with E-state index in [1.165, 1.54) is 18.6 Å². The third-order valence-electron chi connectivity index (χ3n) is 3.77. The third kappa shape index (κ3) is 2.68. The van der Waals surface area contributed by atoms with Crippen molar-refractivity contribution in [2.45, 2.75) is 19.3 Å². The van der Waals surface area contributed by atoms with Crippen LogP contribution in [0.25, 0.3) is 11.0 Å². The van der Waals surface area contributed by atoms with Crippen molar-refractivity contribution in [1.29, 1.82) is 0 Å². The van der Waals surface area contributed by atoms with Crippen molar-refractivity contribution in [2.24, 2.45) is 5.92 Å². The van der Waals surface area contributed by atoms with Gasteiger partial charge in [0.05, 0.1) is 11.0 Å². The maximum atomic E-state index is 13.2. The molecule has 1 N–H and O–H groups in total. The maximum Gasteiger partial charge on any atom is 0.203 e. The van der Waals surface area contributed by atoms with Crippen LogP contribution >= 0.6 is 11.6 Å². The molecule has 3 nitrogen and oxygen atoms in total. The molecule has 0 aliphatic carbocycles. The number of aromatic nitrogens is 2. The van der Waals surface area contributed by atoms with Crippen LogP contribution in [0.2, 0.25) is 0 Å². The van der Waals surface area contributed by atoms with Crippen molar-refractivity contribution < 1.29 is 4.39 Å². The normalized spacial score (nSPS) is 20.1. The van der Waals surface area contributed by atoms with E-state index < -0.39 is 0 Å². The quantitative estimate of drug-likeness (QED) is 0.873. The molecule has 1 aliphatic heterocycles.